The molecule has 0 atom stereocenters. The van der Waals surface area contributed by atoms with Crippen LogP contribution in [0.1, 0.15) is 49.9 Å². The lowest BCUT2D eigenvalue weighted by Crippen LogP contribution is -2.12. The molecule has 0 spiro atoms. The van der Waals surface area contributed by atoms with Crippen LogP contribution in [0, 0.1) is 12.8 Å². The fourth-order valence-electron chi connectivity index (χ4n) is 5.35. The Hall–Kier alpha value is -3.01. The molecule has 6 aromatic rings. The molecule has 0 aliphatic heterocycles. The molecule has 6 rings (SSSR count). The second-order valence-corrected chi connectivity index (χ2v) is 14.1. The Kier molecular flexibility index (Phi) is 5.97. The van der Waals surface area contributed by atoms with Gasteiger partial charge in [0.15, 0.2) is 0 Å². The molecule has 0 saturated heterocycles. The predicted molar refractivity (Wildman–Crippen MR) is 165 cm³/mol. The van der Waals surface area contributed by atoms with E-state index in [-0.39, 0.29) is 5.41 Å². The van der Waals surface area contributed by atoms with E-state index in [9.17, 15) is 0 Å². The van der Waals surface area contributed by atoms with Crippen molar-refractivity contribution >= 4 is 53.7 Å². The number of hydrogen-bond acceptors (Lipinski definition) is 3. The van der Waals surface area contributed by atoms with Crippen LogP contribution in [-0.4, -0.2) is 4.98 Å². The maximum Gasteiger partial charge on any atom is 0.0826 e. The Labute approximate surface area is 227 Å². The van der Waals surface area contributed by atoms with Gasteiger partial charge in [0, 0.05) is 25.6 Å². The second kappa shape index (κ2) is 9.08. The topological polar surface area (TPSA) is 12.9 Å². The minimum atomic E-state index is 0.0409. The molecule has 0 fully saturated rings. The van der Waals surface area contributed by atoms with E-state index in [1.807, 2.05) is 22.7 Å². The van der Waals surface area contributed by atoms with Gasteiger partial charge in [0.1, 0.15) is 0 Å². The summed E-state index contributed by atoms with van der Waals surface area (Å²) in [5.74, 6) is 0.670. The van der Waals surface area contributed by atoms with E-state index in [0.717, 1.165) is 17.6 Å². The number of thiophene rings is 2. The number of nitrogens with zero attached hydrogens (tertiary/aromatic N) is 1. The largest absolute Gasteiger partial charge is 0.247 e. The highest BCUT2D eigenvalue weighted by molar-refractivity contribution is 7.19. The predicted octanol–water partition coefficient (Wildman–Crippen LogP) is 10.8. The van der Waals surface area contributed by atoms with Crippen molar-refractivity contribution in [2.75, 3.05) is 0 Å². The van der Waals surface area contributed by atoms with Crippen LogP contribution in [0.5, 0.6) is 0 Å². The van der Waals surface area contributed by atoms with Crippen LogP contribution in [0.4, 0.5) is 0 Å². The summed E-state index contributed by atoms with van der Waals surface area (Å²) >= 11 is 3.78. The van der Waals surface area contributed by atoms with Crippen LogP contribution >= 0.6 is 22.7 Å². The summed E-state index contributed by atoms with van der Waals surface area (Å²) in [6.45, 7) is 13.7. The second-order valence-electron chi connectivity index (χ2n) is 11.7. The molecule has 0 radical (unpaired) electrons. The lowest BCUT2D eigenvalue weighted by atomic mass is 9.82. The highest BCUT2D eigenvalue weighted by atomic mass is 32.1. The molecular formula is C34H33NS2. The summed E-state index contributed by atoms with van der Waals surface area (Å²) in [5, 5.41) is 3.94. The van der Waals surface area contributed by atoms with Crippen molar-refractivity contribution in [1.82, 2.24) is 4.98 Å². The molecule has 3 aromatic heterocycles. The first kappa shape index (κ1) is 24.3. The zero-order valence-corrected chi connectivity index (χ0v) is 24.1. The van der Waals surface area contributed by atoms with Crippen molar-refractivity contribution < 1.29 is 0 Å². The number of fused-ring (bicyclic) bond motifs is 3. The summed E-state index contributed by atoms with van der Waals surface area (Å²) < 4.78 is 2.65. The Balaban J connectivity index is 1.56. The van der Waals surface area contributed by atoms with Gasteiger partial charge in [-0.1, -0.05) is 65.0 Å². The van der Waals surface area contributed by atoms with Gasteiger partial charge in [-0.15, -0.1) is 22.7 Å². The zero-order chi connectivity index (χ0) is 25.9. The fraction of sp³-hybridized carbons (Fsp3) is 0.265. The molecule has 0 unspecified atom stereocenters. The zero-order valence-electron chi connectivity index (χ0n) is 22.5. The first-order chi connectivity index (χ1) is 17.7. The summed E-state index contributed by atoms with van der Waals surface area (Å²) in [6, 6.07) is 27.3. The van der Waals surface area contributed by atoms with Gasteiger partial charge in [-0.25, -0.2) is 4.98 Å². The highest BCUT2D eigenvalue weighted by Gasteiger charge is 2.20. The molecule has 0 aliphatic rings. The normalized spacial score (nSPS) is 12.4. The average molecular weight is 520 g/mol. The van der Waals surface area contributed by atoms with Crippen LogP contribution in [0.15, 0.2) is 72.8 Å². The van der Waals surface area contributed by atoms with Gasteiger partial charge in [-0.3, -0.25) is 0 Å². The average Bonchev–Trinajstić information content (AvgIpc) is 3.42. The third-order valence-electron chi connectivity index (χ3n) is 7.06. The number of aromatic nitrogens is 1. The van der Waals surface area contributed by atoms with Gasteiger partial charge in [-0.2, -0.15) is 0 Å². The van der Waals surface area contributed by atoms with Crippen LogP contribution in [-0.2, 0) is 11.8 Å². The monoisotopic (exact) mass is 519 g/mol. The quantitative estimate of drug-likeness (QED) is 0.226. The van der Waals surface area contributed by atoms with Gasteiger partial charge in [-0.05, 0) is 94.4 Å². The Morgan fingerprint density at radius 1 is 0.811 bits per heavy atom. The van der Waals surface area contributed by atoms with E-state index in [1.54, 1.807) is 0 Å². The highest BCUT2D eigenvalue weighted by Crippen LogP contribution is 2.40. The summed E-state index contributed by atoms with van der Waals surface area (Å²) in [4.78, 5) is 7.96. The number of rotatable bonds is 4. The SMILES string of the molecule is Cc1cc2nc(-c3cc(C(C)(C)C)c4ccccc4c3)cc(-c3ccc4sc(CC(C)C)cc4c3)c2s1. The van der Waals surface area contributed by atoms with Crippen molar-refractivity contribution in [2.24, 2.45) is 5.92 Å². The lowest BCUT2D eigenvalue weighted by molar-refractivity contribution is 0.596. The standard InChI is InChI=1S/C34H33NS2/c1-20(2)13-26-17-25-16-23(11-12-32(25)37-26)28-19-30(35-31-14-21(3)36-33(28)31)24-15-22-9-7-8-10-27(22)29(18-24)34(4,5)6/h7-12,14-20H,13H2,1-6H3. The van der Waals surface area contributed by atoms with Crippen molar-refractivity contribution in [3.8, 4) is 22.4 Å². The number of benzene rings is 3. The molecular weight excluding hydrogens is 487 g/mol. The molecule has 186 valence electrons. The van der Waals surface area contributed by atoms with E-state index in [1.165, 1.54) is 57.6 Å². The van der Waals surface area contributed by atoms with Crippen molar-refractivity contribution in [3.05, 3.63) is 88.1 Å². The van der Waals surface area contributed by atoms with Gasteiger partial charge >= 0.3 is 0 Å². The van der Waals surface area contributed by atoms with Crippen molar-refractivity contribution in [1.29, 1.82) is 0 Å². The smallest absolute Gasteiger partial charge is 0.0826 e. The van der Waals surface area contributed by atoms with Crippen LogP contribution < -0.4 is 0 Å². The maximum atomic E-state index is 5.19. The third-order valence-corrected chi connectivity index (χ3v) is 9.27. The first-order valence-corrected chi connectivity index (χ1v) is 14.8. The van der Waals surface area contributed by atoms with Crippen molar-refractivity contribution in [2.45, 2.75) is 53.4 Å². The fourth-order valence-corrected chi connectivity index (χ4v) is 7.60. The molecule has 0 bridgehead atoms. The third kappa shape index (κ3) is 4.60. The first-order valence-electron chi connectivity index (χ1n) is 13.1. The summed E-state index contributed by atoms with van der Waals surface area (Å²) in [5.41, 5.74) is 7.28. The van der Waals surface area contributed by atoms with E-state index in [4.69, 9.17) is 4.98 Å². The van der Waals surface area contributed by atoms with E-state index >= 15 is 0 Å². The molecule has 37 heavy (non-hydrogen) atoms. The molecule has 0 amide bonds. The minimum absolute atomic E-state index is 0.0409. The van der Waals surface area contributed by atoms with Gasteiger partial charge < -0.3 is 0 Å². The van der Waals surface area contributed by atoms with Crippen LogP contribution in [0.25, 0.3) is 53.5 Å². The van der Waals surface area contributed by atoms with Gasteiger partial charge in [0.05, 0.1) is 15.9 Å². The Morgan fingerprint density at radius 2 is 1.59 bits per heavy atom. The number of hydrogen-bond donors (Lipinski definition) is 0. The van der Waals surface area contributed by atoms with E-state index < -0.39 is 0 Å². The summed E-state index contributed by atoms with van der Waals surface area (Å²) in [7, 11) is 0. The molecule has 1 nitrogen and oxygen atoms in total. The molecule has 3 aromatic carbocycles. The van der Waals surface area contributed by atoms with Gasteiger partial charge in [0.25, 0.3) is 0 Å². The number of aryl methyl sites for hydroxylation is 1. The lowest BCUT2D eigenvalue weighted by Gasteiger charge is -2.23. The Bertz CT molecular complexity index is 1780. The Morgan fingerprint density at radius 3 is 2.38 bits per heavy atom. The molecule has 0 N–H and O–H groups in total. The summed E-state index contributed by atoms with van der Waals surface area (Å²) in [6.07, 6.45) is 1.14. The van der Waals surface area contributed by atoms with Crippen LogP contribution in [0.2, 0.25) is 0 Å². The van der Waals surface area contributed by atoms with E-state index in [2.05, 4.69) is 114 Å². The maximum absolute atomic E-state index is 5.19. The van der Waals surface area contributed by atoms with Crippen molar-refractivity contribution in [3.63, 3.8) is 0 Å². The van der Waals surface area contributed by atoms with Gasteiger partial charge in [0.2, 0.25) is 0 Å². The van der Waals surface area contributed by atoms with E-state index in [0.29, 0.717) is 5.92 Å². The minimum Gasteiger partial charge on any atom is -0.247 e. The molecule has 0 aliphatic carbocycles. The molecule has 3 heteroatoms. The molecule has 0 saturated carbocycles. The number of pyridine rings is 1. The van der Waals surface area contributed by atoms with Crippen LogP contribution in [0.3, 0.4) is 0 Å². The molecule has 3 heterocycles.